The second-order valence-electron chi connectivity index (χ2n) is 6.25. The monoisotopic (exact) mass is 337 g/mol. The molecule has 2 aliphatic heterocycles. The lowest BCUT2D eigenvalue weighted by atomic mass is 10.00. The Balaban J connectivity index is 0.00000192. The summed E-state index contributed by atoms with van der Waals surface area (Å²) in [6.07, 6.45) is 3.40. The third-order valence-electron chi connectivity index (χ3n) is 4.45. The third kappa shape index (κ3) is 4.24. The number of anilines is 1. The maximum Gasteiger partial charge on any atom is 0.251 e. The Morgan fingerprint density at radius 1 is 1.39 bits per heavy atom. The number of nitrogens with one attached hydrogen (secondary N) is 2. The summed E-state index contributed by atoms with van der Waals surface area (Å²) in [7, 11) is 0. The molecule has 2 fully saturated rings. The molecule has 2 aliphatic rings. The second-order valence-corrected chi connectivity index (χ2v) is 6.25. The van der Waals surface area contributed by atoms with Gasteiger partial charge in [-0.05, 0) is 50.9 Å². The van der Waals surface area contributed by atoms with Crippen molar-refractivity contribution >= 4 is 29.9 Å². The first-order valence-electron chi connectivity index (χ1n) is 8.08. The number of carbonyl (C=O) groups excluding carboxylic acids is 2. The highest BCUT2D eigenvalue weighted by atomic mass is 35.5. The predicted molar refractivity (Wildman–Crippen MR) is 93.2 cm³/mol. The van der Waals surface area contributed by atoms with E-state index in [0.717, 1.165) is 38.0 Å². The topological polar surface area (TPSA) is 61.4 Å². The molecule has 3 rings (SSSR count). The van der Waals surface area contributed by atoms with Crippen LogP contribution in [0.1, 0.15) is 43.0 Å². The number of halogens is 1. The van der Waals surface area contributed by atoms with Gasteiger partial charge in [0.15, 0.2) is 0 Å². The lowest BCUT2D eigenvalue weighted by molar-refractivity contribution is -0.117. The Bertz CT molecular complexity index is 579. The van der Waals surface area contributed by atoms with Crippen LogP contribution in [0.4, 0.5) is 5.69 Å². The maximum absolute atomic E-state index is 12.4. The Hall–Kier alpha value is -1.59. The first-order chi connectivity index (χ1) is 10.6. The van der Waals surface area contributed by atoms with E-state index in [1.807, 2.05) is 24.3 Å². The van der Waals surface area contributed by atoms with Gasteiger partial charge in [0.25, 0.3) is 5.91 Å². The lowest BCUT2D eigenvalue weighted by Gasteiger charge is -2.28. The summed E-state index contributed by atoms with van der Waals surface area (Å²) in [5.74, 6) is 0.0948. The van der Waals surface area contributed by atoms with Crippen LogP contribution in [0, 0.1) is 0 Å². The lowest BCUT2D eigenvalue weighted by Crippen LogP contribution is -2.46. The molecule has 2 heterocycles. The van der Waals surface area contributed by atoms with E-state index in [9.17, 15) is 9.59 Å². The minimum atomic E-state index is -0.0485. The largest absolute Gasteiger partial charge is 0.349 e. The maximum atomic E-state index is 12.4. The van der Waals surface area contributed by atoms with Crippen LogP contribution < -0.4 is 15.5 Å². The molecule has 2 saturated heterocycles. The molecule has 2 atom stereocenters. The fraction of sp³-hybridized carbons (Fsp3) is 0.529. The van der Waals surface area contributed by atoms with Gasteiger partial charge in [0.1, 0.15) is 0 Å². The molecule has 2 amide bonds. The molecule has 0 aromatic heterocycles. The number of rotatable bonds is 3. The van der Waals surface area contributed by atoms with Gasteiger partial charge >= 0.3 is 0 Å². The quantitative estimate of drug-likeness (QED) is 0.888. The molecule has 0 aliphatic carbocycles. The van der Waals surface area contributed by atoms with Crippen LogP contribution in [0.15, 0.2) is 24.3 Å². The standard InChI is InChI=1S/C17H23N3O2.ClH/c1-12-10-14(7-8-18-12)19-17(22)13-4-2-5-15(11-13)20-9-3-6-16(20)21;/h2,4-5,11-12,14,18H,3,6-10H2,1H3,(H,19,22);1H. The highest BCUT2D eigenvalue weighted by Crippen LogP contribution is 2.22. The summed E-state index contributed by atoms with van der Waals surface area (Å²) in [5, 5.41) is 6.49. The van der Waals surface area contributed by atoms with Crippen molar-refractivity contribution in [1.29, 1.82) is 0 Å². The Morgan fingerprint density at radius 2 is 2.22 bits per heavy atom. The Kier molecular flexibility index (Phi) is 6.02. The van der Waals surface area contributed by atoms with E-state index in [-0.39, 0.29) is 30.3 Å². The van der Waals surface area contributed by atoms with E-state index >= 15 is 0 Å². The van der Waals surface area contributed by atoms with E-state index in [0.29, 0.717) is 18.0 Å². The average molecular weight is 338 g/mol. The molecule has 126 valence electrons. The first kappa shape index (κ1) is 17.8. The van der Waals surface area contributed by atoms with Crippen molar-refractivity contribution < 1.29 is 9.59 Å². The summed E-state index contributed by atoms with van der Waals surface area (Å²) in [6, 6.07) is 8.04. The van der Waals surface area contributed by atoms with Gasteiger partial charge in [-0.2, -0.15) is 0 Å². The minimum Gasteiger partial charge on any atom is -0.349 e. The molecule has 1 aromatic rings. The van der Waals surface area contributed by atoms with Crippen molar-refractivity contribution in [2.45, 2.75) is 44.7 Å². The van der Waals surface area contributed by atoms with Gasteiger partial charge in [0.2, 0.25) is 5.91 Å². The van der Waals surface area contributed by atoms with E-state index in [1.165, 1.54) is 0 Å². The van der Waals surface area contributed by atoms with Gasteiger partial charge in [0, 0.05) is 36.3 Å². The summed E-state index contributed by atoms with van der Waals surface area (Å²) >= 11 is 0. The summed E-state index contributed by atoms with van der Waals surface area (Å²) in [5.41, 5.74) is 1.46. The zero-order chi connectivity index (χ0) is 15.5. The van der Waals surface area contributed by atoms with Crippen LogP contribution in [0.5, 0.6) is 0 Å². The Labute approximate surface area is 143 Å². The van der Waals surface area contributed by atoms with Crippen molar-refractivity contribution in [1.82, 2.24) is 10.6 Å². The molecular weight excluding hydrogens is 314 g/mol. The van der Waals surface area contributed by atoms with Crippen LogP contribution in [0.25, 0.3) is 0 Å². The van der Waals surface area contributed by atoms with Crippen LogP contribution in [-0.2, 0) is 4.79 Å². The van der Waals surface area contributed by atoms with Crippen molar-refractivity contribution in [3.63, 3.8) is 0 Å². The van der Waals surface area contributed by atoms with Gasteiger partial charge in [-0.25, -0.2) is 0 Å². The average Bonchev–Trinajstić information content (AvgIpc) is 2.93. The molecule has 0 saturated carbocycles. The number of hydrogen-bond acceptors (Lipinski definition) is 3. The van der Waals surface area contributed by atoms with Crippen LogP contribution in [0.3, 0.4) is 0 Å². The van der Waals surface area contributed by atoms with Gasteiger partial charge in [-0.15, -0.1) is 12.4 Å². The third-order valence-corrected chi connectivity index (χ3v) is 4.45. The van der Waals surface area contributed by atoms with E-state index in [2.05, 4.69) is 17.6 Å². The molecule has 23 heavy (non-hydrogen) atoms. The van der Waals surface area contributed by atoms with Crippen molar-refractivity contribution in [3.05, 3.63) is 29.8 Å². The predicted octanol–water partition coefficient (Wildman–Crippen LogP) is 2.11. The molecule has 1 aromatic carbocycles. The molecule has 2 unspecified atom stereocenters. The zero-order valence-electron chi connectivity index (χ0n) is 13.4. The van der Waals surface area contributed by atoms with E-state index in [4.69, 9.17) is 0 Å². The molecule has 5 nitrogen and oxygen atoms in total. The summed E-state index contributed by atoms with van der Waals surface area (Å²) in [6.45, 7) is 3.82. The highest BCUT2D eigenvalue weighted by molar-refractivity contribution is 5.99. The fourth-order valence-corrected chi connectivity index (χ4v) is 3.27. The van der Waals surface area contributed by atoms with E-state index in [1.54, 1.807) is 4.90 Å². The molecule has 0 radical (unpaired) electrons. The van der Waals surface area contributed by atoms with Crippen LogP contribution >= 0.6 is 12.4 Å². The van der Waals surface area contributed by atoms with Crippen molar-refractivity contribution in [2.75, 3.05) is 18.0 Å². The fourth-order valence-electron chi connectivity index (χ4n) is 3.27. The van der Waals surface area contributed by atoms with Gasteiger partial charge < -0.3 is 15.5 Å². The van der Waals surface area contributed by atoms with Gasteiger partial charge in [0.05, 0.1) is 0 Å². The first-order valence-corrected chi connectivity index (χ1v) is 8.08. The molecular formula is C17H24ClN3O2. The number of benzene rings is 1. The molecule has 0 spiro atoms. The molecule has 2 N–H and O–H groups in total. The number of carbonyl (C=O) groups is 2. The minimum absolute atomic E-state index is 0. The van der Waals surface area contributed by atoms with Gasteiger partial charge in [-0.3, -0.25) is 9.59 Å². The van der Waals surface area contributed by atoms with Crippen molar-refractivity contribution in [2.24, 2.45) is 0 Å². The van der Waals surface area contributed by atoms with Crippen LogP contribution in [-0.4, -0.2) is 37.0 Å². The normalized spacial score (nSPS) is 24.2. The van der Waals surface area contributed by atoms with Crippen molar-refractivity contribution in [3.8, 4) is 0 Å². The van der Waals surface area contributed by atoms with E-state index < -0.39 is 0 Å². The highest BCUT2D eigenvalue weighted by Gasteiger charge is 2.23. The van der Waals surface area contributed by atoms with Gasteiger partial charge in [-0.1, -0.05) is 6.07 Å². The summed E-state index contributed by atoms with van der Waals surface area (Å²) in [4.78, 5) is 26.0. The summed E-state index contributed by atoms with van der Waals surface area (Å²) < 4.78 is 0. The Morgan fingerprint density at radius 3 is 2.91 bits per heavy atom. The number of hydrogen-bond donors (Lipinski definition) is 2. The SMILES string of the molecule is CC1CC(NC(=O)c2cccc(N3CCCC3=O)c2)CCN1.Cl. The number of amides is 2. The number of nitrogens with zero attached hydrogens (tertiary/aromatic N) is 1. The molecule has 6 heteroatoms. The zero-order valence-corrected chi connectivity index (χ0v) is 14.2. The second kappa shape index (κ2) is 7.79. The molecule has 0 bridgehead atoms. The smallest absolute Gasteiger partial charge is 0.251 e. The van der Waals surface area contributed by atoms with Crippen LogP contribution in [0.2, 0.25) is 0 Å². The number of piperidine rings is 1.